The van der Waals surface area contributed by atoms with Crippen LogP contribution in [0, 0.1) is 5.82 Å². The number of piperazine rings is 1. The number of rotatable bonds is 4. The van der Waals surface area contributed by atoms with E-state index in [-0.39, 0.29) is 5.82 Å². The first-order valence-corrected chi connectivity index (χ1v) is 8.70. The third-order valence-corrected chi connectivity index (χ3v) is 4.87. The van der Waals surface area contributed by atoms with Crippen LogP contribution in [0.3, 0.4) is 0 Å². The predicted molar refractivity (Wildman–Crippen MR) is 91.4 cm³/mol. The summed E-state index contributed by atoms with van der Waals surface area (Å²) >= 11 is 1.59. The van der Waals surface area contributed by atoms with Gasteiger partial charge in [-0.25, -0.2) is 4.39 Å². The fourth-order valence-electron chi connectivity index (χ4n) is 2.88. The van der Waals surface area contributed by atoms with E-state index in [9.17, 15) is 4.39 Å². The van der Waals surface area contributed by atoms with Crippen LogP contribution >= 0.6 is 11.3 Å². The molecule has 3 aromatic rings. The summed E-state index contributed by atoms with van der Waals surface area (Å²) in [6, 6.07) is 8.64. The lowest BCUT2D eigenvalue weighted by molar-refractivity contribution is 0.248. The van der Waals surface area contributed by atoms with E-state index in [1.165, 1.54) is 6.07 Å². The van der Waals surface area contributed by atoms with Gasteiger partial charge in [-0.3, -0.25) is 10.00 Å². The smallest absolute Gasteiger partial charge is 0.151 e. The number of benzene rings is 1. The van der Waals surface area contributed by atoms with E-state index >= 15 is 0 Å². The lowest BCUT2D eigenvalue weighted by Gasteiger charge is -2.34. The Labute approximate surface area is 142 Å². The minimum Gasteiger partial charge on any atom is -0.353 e. The SMILES string of the molecule is Fc1ccccc1-c1cc(N2CCN(Cc3nncs3)CC2)n[nH]1. The number of hydrogen-bond donors (Lipinski definition) is 1. The Bertz CT molecular complexity index is 795. The first-order valence-electron chi connectivity index (χ1n) is 7.82. The van der Waals surface area contributed by atoms with Gasteiger partial charge in [0.1, 0.15) is 16.3 Å². The molecule has 1 aromatic carbocycles. The first-order chi connectivity index (χ1) is 11.8. The summed E-state index contributed by atoms with van der Waals surface area (Å²) in [5.41, 5.74) is 3.02. The van der Waals surface area contributed by atoms with E-state index in [2.05, 4.69) is 30.2 Å². The number of nitrogens with one attached hydrogen (secondary N) is 1. The van der Waals surface area contributed by atoms with Crippen molar-refractivity contribution in [3.05, 3.63) is 46.7 Å². The van der Waals surface area contributed by atoms with E-state index in [1.54, 1.807) is 29.0 Å². The van der Waals surface area contributed by atoms with E-state index in [0.717, 1.165) is 43.5 Å². The molecule has 0 spiro atoms. The number of H-pyrrole nitrogens is 1. The third kappa shape index (κ3) is 3.15. The number of anilines is 1. The minimum atomic E-state index is -0.241. The Morgan fingerprint density at radius 1 is 1.17 bits per heavy atom. The number of aromatic amines is 1. The van der Waals surface area contributed by atoms with Crippen molar-refractivity contribution in [3.8, 4) is 11.3 Å². The molecule has 0 atom stereocenters. The van der Waals surface area contributed by atoms with Gasteiger partial charge in [0.05, 0.1) is 12.2 Å². The van der Waals surface area contributed by atoms with Gasteiger partial charge in [-0.1, -0.05) is 12.1 Å². The normalized spacial score (nSPS) is 15.8. The van der Waals surface area contributed by atoms with Gasteiger partial charge in [0.15, 0.2) is 5.82 Å². The molecule has 6 nitrogen and oxygen atoms in total. The van der Waals surface area contributed by atoms with E-state index in [0.29, 0.717) is 11.3 Å². The molecule has 0 bridgehead atoms. The Balaban J connectivity index is 1.40. The van der Waals surface area contributed by atoms with Crippen LogP contribution < -0.4 is 4.90 Å². The summed E-state index contributed by atoms with van der Waals surface area (Å²) in [4.78, 5) is 4.58. The predicted octanol–water partition coefficient (Wildman–Crippen LogP) is 2.39. The largest absolute Gasteiger partial charge is 0.353 e. The van der Waals surface area contributed by atoms with Crippen molar-refractivity contribution in [2.75, 3.05) is 31.1 Å². The van der Waals surface area contributed by atoms with Crippen molar-refractivity contribution in [2.24, 2.45) is 0 Å². The highest BCUT2D eigenvalue weighted by Crippen LogP contribution is 2.25. The van der Waals surface area contributed by atoms with Gasteiger partial charge in [0, 0.05) is 37.8 Å². The number of aromatic nitrogens is 4. The molecule has 0 aliphatic carbocycles. The molecule has 124 valence electrons. The van der Waals surface area contributed by atoms with Crippen molar-refractivity contribution in [1.82, 2.24) is 25.3 Å². The molecule has 8 heteroatoms. The Hall–Kier alpha value is -2.32. The van der Waals surface area contributed by atoms with Gasteiger partial charge < -0.3 is 4.90 Å². The molecule has 1 fully saturated rings. The average Bonchev–Trinajstić information content (AvgIpc) is 3.28. The minimum absolute atomic E-state index is 0.241. The summed E-state index contributed by atoms with van der Waals surface area (Å²) in [5.74, 6) is 0.624. The molecule has 0 amide bonds. The molecule has 1 saturated heterocycles. The monoisotopic (exact) mass is 344 g/mol. The average molecular weight is 344 g/mol. The van der Waals surface area contributed by atoms with Crippen LogP contribution in [0.25, 0.3) is 11.3 Å². The van der Waals surface area contributed by atoms with Crippen LogP contribution in [0.2, 0.25) is 0 Å². The molecule has 3 heterocycles. The van der Waals surface area contributed by atoms with Gasteiger partial charge in [0.2, 0.25) is 0 Å². The second kappa shape index (κ2) is 6.66. The van der Waals surface area contributed by atoms with Crippen molar-refractivity contribution in [2.45, 2.75) is 6.54 Å². The zero-order chi connectivity index (χ0) is 16.4. The zero-order valence-corrected chi connectivity index (χ0v) is 13.8. The third-order valence-electron chi connectivity index (χ3n) is 4.19. The van der Waals surface area contributed by atoms with Gasteiger partial charge in [0.25, 0.3) is 0 Å². The highest BCUT2D eigenvalue weighted by Gasteiger charge is 2.20. The zero-order valence-electron chi connectivity index (χ0n) is 13.0. The van der Waals surface area contributed by atoms with Crippen molar-refractivity contribution < 1.29 is 4.39 Å². The molecular formula is C16H17FN6S. The number of nitrogens with zero attached hydrogens (tertiary/aromatic N) is 5. The fraction of sp³-hybridized carbons (Fsp3) is 0.312. The summed E-state index contributed by atoms with van der Waals surface area (Å²) in [6.07, 6.45) is 0. The molecule has 2 aromatic heterocycles. The quantitative estimate of drug-likeness (QED) is 0.787. The highest BCUT2D eigenvalue weighted by atomic mass is 32.1. The molecule has 4 rings (SSSR count). The molecule has 0 radical (unpaired) electrons. The van der Waals surface area contributed by atoms with Crippen molar-refractivity contribution >= 4 is 17.2 Å². The van der Waals surface area contributed by atoms with Gasteiger partial charge in [-0.05, 0) is 12.1 Å². The number of halogens is 1. The van der Waals surface area contributed by atoms with Crippen LogP contribution in [0.4, 0.5) is 10.2 Å². The van der Waals surface area contributed by atoms with E-state index in [4.69, 9.17) is 0 Å². The fourth-order valence-corrected chi connectivity index (χ4v) is 3.45. The van der Waals surface area contributed by atoms with Crippen LogP contribution in [0.15, 0.2) is 35.8 Å². The summed E-state index contributed by atoms with van der Waals surface area (Å²) in [5, 5.41) is 16.3. The second-order valence-corrected chi connectivity index (χ2v) is 6.63. The molecular weight excluding hydrogens is 327 g/mol. The topological polar surface area (TPSA) is 60.9 Å². The molecule has 24 heavy (non-hydrogen) atoms. The maximum atomic E-state index is 13.9. The van der Waals surface area contributed by atoms with Gasteiger partial charge in [-0.2, -0.15) is 5.10 Å². The Kier molecular flexibility index (Phi) is 4.22. The number of hydrogen-bond acceptors (Lipinski definition) is 6. The van der Waals surface area contributed by atoms with Crippen molar-refractivity contribution in [3.63, 3.8) is 0 Å². The molecule has 1 aliphatic rings. The summed E-state index contributed by atoms with van der Waals surface area (Å²) in [7, 11) is 0. The molecule has 1 aliphatic heterocycles. The van der Waals surface area contributed by atoms with Gasteiger partial charge in [-0.15, -0.1) is 21.5 Å². The first kappa shape index (κ1) is 15.2. The van der Waals surface area contributed by atoms with Crippen LogP contribution in [-0.2, 0) is 6.54 Å². The van der Waals surface area contributed by atoms with Crippen LogP contribution in [-0.4, -0.2) is 51.5 Å². The molecule has 0 saturated carbocycles. The highest BCUT2D eigenvalue weighted by molar-refractivity contribution is 7.09. The van der Waals surface area contributed by atoms with E-state index in [1.807, 2.05) is 12.1 Å². The lowest BCUT2D eigenvalue weighted by Crippen LogP contribution is -2.46. The van der Waals surface area contributed by atoms with Gasteiger partial charge >= 0.3 is 0 Å². The van der Waals surface area contributed by atoms with Crippen LogP contribution in [0.1, 0.15) is 5.01 Å². The molecule has 0 unspecified atom stereocenters. The molecule has 1 N–H and O–H groups in total. The van der Waals surface area contributed by atoms with Crippen LogP contribution in [0.5, 0.6) is 0 Å². The van der Waals surface area contributed by atoms with E-state index < -0.39 is 0 Å². The summed E-state index contributed by atoms with van der Waals surface area (Å²) in [6.45, 7) is 4.52. The standard InChI is InChI=1S/C16H17FN6S/c17-13-4-2-1-3-12(13)14-9-15(20-19-14)23-7-5-22(6-8-23)10-16-21-18-11-24-16/h1-4,9,11H,5-8,10H2,(H,19,20). The maximum absolute atomic E-state index is 13.9. The maximum Gasteiger partial charge on any atom is 0.151 e. The lowest BCUT2D eigenvalue weighted by atomic mass is 10.1. The summed E-state index contributed by atoms with van der Waals surface area (Å²) < 4.78 is 13.9. The van der Waals surface area contributed by atoms with Crippen molar-refractivity contribution in [1.29, 1.82) is 0 Å². The Morgan fingerprint density at radius 3 is 2.75 bits per heavy atom. The second-order valence-electron chi connectivity index (χ2n) is 5.72. The Morgan fingerprint density at radius 2 is 2.00 bits per heavy atom.